The third-order valence-corrected chi connectivity index (χ3v) is 4.73. The highest BCUT2D eigenvalue weighted by atomic mass is 19.1. The molecule has 0 radical (unpaired) electrons. The molecule has 9 heteroatoms. The Bertz CT molecular complexity index is 994. The summed E-state index contributed by atoms with van der Waals surface area (Å²) in [5.41, 5.74) is 1.18. The smallest absolute Gasteiger partial charge is 0.247 e. The molecule has 0 bridgehead atoms. The van der Waals surface area contributed by atoms with E-state index >= 15 is 0 Å². The molecule has 0 aliphatic carbocycles. The Morgan fingerprint density at radius 2 is 1.76 bits per heavy atom. The molecular weight excluding hydrogens is 378 g/mol. The lowest BCUT2D eigenvalue weighted by Crippen LogP contribution is -2.47. The van der Waals surface area contributed by atoms with Crippen molar-refractivity contribution in [2.45, 2.75) is 0 Å². The maximum absolute atomic E-state index is 13.9. The molecule has 7 nitrogen and oxygen atoms in total. The monoisotopic (exact) mass is 398 g/mol. The van der Waals surface area contributed by atoms with E-state index in [1.165, 1.54) is 18.3 Å². The van der Waals surface area contributed by atoms with Crippen LogP contribution in [0.15, 0.2) is 48.7 Å². The Labute approximate surface area is 167 Å². The van der Waals surface area contributed by atoms with Crippen molar-refractivity contribution in [2.24, 2.45) is 0 Å². The van der Waals surface area contributed by atoms with Crippen LogP contribution in [0.5, 0.6) is 5.75 Å². The van der Waals surface area contributed by atoms with Gasteiger partial charge in [0.2, 0.25) is 5.95 Å². The number of nitrogens with one attached hydrogen (secondary N) is 1. The van der Waals surface area contributed by atoms with Crippen LogP contribution in [0.4, 0.5) is 31.9 Å². The first-order valence-electron chi connectivity index (χ1n) is 9.19. The van der Waals surface area contributed by atoms with Crippen LogP contribution in [0.2, 0.25) is 0 Å². The number of halogens is 2. The Morgan fingerprint density at radius 1 is 1.00 bits per heavy atom. The second-order valence-corrected chi connectivity index (χ2v) is 6.54. The quantitative estimate of drug-likeness (QED) is 0.708. The van der Waals surface area contributed by atoms with Crippen LogP contribution >= 0.6 is 0 Å². The van der Waals surface area contributed by atoms with Gasteiger partial charge in [-0.1, -0.05) is 12.1 Å². The van der Waals surface area contributed by atoms with Gasteiger partial charge in [0.1, 0.15) is 17.4 Å². The fourth-order valence-corrected chi connectivity index (χ4v) is 3.26. The Kier molecular flexibility index (Phi) is 5.37. The van der Waals surface area contributed by atoms with Gasteiger partial charge in [0.25, 0.3) is 0 Å². The molecule has 1 N–H and O–H groups in total. The van der Waals surface area contributed by atoms with Crippen LogP contribution in [0.1, 0.15) is 0 Å². The summed E-state index contributed by atoms with van der Waals surface area (Å²) in [7, 11) is 1.66. The predicted octanol–water partition coefficient (Wildman–Crippen LogP) is 3.23. The molecule has 4 rings (SSSR count). The topological polar surface area (TPSA) is 66.4 Å². The summed E-state index contributed by atoms with van der Waals surface area (Å²) in [5, 5.41) is 10.9. The molecule has 150 valence electrons. The summed E-state index contributed by atoms with van der Waals surface area (Å²) in [6.07, 6.45) is 1.40. The van der Waals surface area contributed by atoms with Gasteiger partial charge in [-0.25, -0.2) is 8.78 Å². The number of rotatable bonds is 5. The van der Waals surface area contributed by atoms with E-state index in [4.69, 9.17) is 4.74 Å². The van der Waals surface area contributed by atoms with Gasteiger partial charge < -0.3 is 19.9 Å². The van der Waals surface area contributed by atoms with Gasteiger partial charge in [-0.05, 0) is 24.3 Å². The standard InChI is InChI=1S/C20H20F2N6O/c1-29-18-5-3-2-4-17(18)27-8-10-28(11-9-27)20-25-19(13-23-26-20)24-16-7-6-14(21)12-15(16)22/h2-7,12-13H,8-11H2,1H3,(H,24,25,26). The lowest BCUT2D eigenvalue weighted by atomic mass is 10.2. The lowest BCUT2D eigenvalue weighted by molar-refractivity contribution is 0.413. The maximum atomic E-state index is 13.9. The minimum Gasteiger partial charge on any atom is -0.495 e. The van der Waals surface area contributed by atoms with Crippen LogP contribution in [0.3, 0.4) is 0 Å². The number of benzene rings is 2. The molecule has 0 saturated carbocycles. The van der Waals surface area contributed by atoms with Crippen molar-refractivity contribution in [3.63, 3.8) is 0 Å². The third-order valence-electron chi connectivity index (χ3n) is 4.73. The van der Waals surface area contributed by atoms with Gasteiger partial charge in [0.15, 0.2) is 5.82 Å². The third kappa shape index (κ3) is 4.18. The Hall–Kier alpha value is -3.49. The molecule has 0 unspecified atom stereocenters. The van der Waals surface area contributed by atoms with Crippen LogP contribution in [0.25, 0.3) is 0 Å². The van der Waals surface area contributed by atoms with E-state index in [2.05, 4.69) is 25.4 Å². The molecule has 3 aromatic rings. The molecule has 0 spiro atoms. The van der Waals surface area contributed by atoms with Crippen LogP contribution in [-0.4, -0.2) is 48.5 Å². The number of ether oxygens (including phenoxy) is 1. The van der Waals surface area contributed by atoms with Gasteiger partial charge in [-0.15, -0.1) is 5.10 Å². The molecule has 1 saturated heterocycles. The number of para-hydroxylation sites is 2. The van der Waals surface area contributed by atoms with Crippen LogP contribution < -0.4 is 19.9 Å². The summed E-state index contributed by atoms with van der Waals surface area (Å²) in [5.74, 6) is 0.300. The van der Waals surface area contributed by atoms with E-state index in [9.17, 15) is 8.78 Å². The van der Waals surface area contributed by atoms with Crippen molar-refractivity contribution in [3.8, 4) is 5.75 Å². The van der Waals surface area contributed by atoms with Gasteiger partial charge in [-0.3, -0.25) is 0 Å². The first-order chi connectivity index (χ1) is 14.1. The minimum absolute atomic E-state index is 0.124. The van der Waals surface area contributed by atoms with Crippen molar-refractivity contribution >= 4 is 23.1 Å². The molecule has 2 heterocycles. The molecule has 0 atom stereocenters. The van der Waals surface area contributed by atoms with E-state index in [0.29, 0.717) is 24.9 Å². The molecule has 2 aromatic carbocycles. The number of aromatic nitrogens is 3. The largest absolute Gasteiger partial charge is 0.495 e. The number of hydrogen-bond donors (Lipinski definition) is 1. The first-order valence-corrected chi connectivity index (χ1v) is 9.19. The lowest BCUT2D eigenvalue weighted by Gasteiger charge is -2.36. The Morgan fingerprint density at radius 3 is 2.52 bits per heavy atom. The summed E-state index contributed by atoms with van der Waals surface area (Å²) in [6.45, 7) is 2.95. The van der Waals surface area contributed by atoms with Crippen molar-refractivity contribution in [2.75, 3.05) is 48.4 Å². The summed E-state index contributed by atoms with van der Waals surface area (Å²) < 4.78 is 32.4. The van der Waals surface area contributed by atoms with Crippen molar-refractivity contribution in [1.29, 1.82) is 0 Å². The number of hydrogen-bond acceptors (Lipinski definition) is 7. The van der Waals surface area contributed by atoms with Gasteiger partial charge in [0, 0.05) is 32.2 Å². The number of nitrogens with zero attached hydrogens (tertiary/aromatic N) is 5. The Balaban J connectivity index is 1.44. The summed E-state index contributed by atoms with van der Waals surface area (Å²) >= 11 is 0. The molecular formula is C20H20F2N6O. The SMILES string of the molecule is COc1ccccc1N1CCN(c2nncc(Nc3ccc(F)cc3F)n2)CC1. The first kappa shape index (κ1) is 18.9. The van der Waals surface area contributed by atoms with Crippen molar-refractivity contribution in [1.82, 2.24) is 15.2 Å². The highest BCUT2D eigenvalue weighted by Crippen LogP contribution is 2.29. The van der Waals surface area contributed by atoms with Crippen LogP contribution in [-0.2, 0) is 0 Å². The van der Waals surface area contributed by atoms with E-state index in [-0.39, 0.29) is 5.69 Å². The molecule has 29 heavy (non-hydrogen) atoms. The average molecular weight is 398 g/mol. The van der Waals surface area contributed by atoms with Crippen molar-refractivity contribution in [3.05, 3.63) is 60.3 Å². The number of methoxy groups -OCH3 is 1. The number of piperazine rings is 1. The average Bonchev–Trinajstić information content (AvgIpc) is 2.76. The van der Waals surface area contributed by atoms with E-state index in [0.717, 1.165) is 30.6 Å². The second-order valence-electron chi connectivity index (χ2n) is 6.54. The fourth-order valence-electron chi connectivity index (χ4n) is 3.26. The zero-order valence-electron chi connectivity index (χ0n) is 15.8. The minimum atomic E-state index is -0.699. The maximum Gasteiger partial charge on any atom is 0.247 e. The highest BCUT2D eigenvalue weighted by molar-refractivity contribution is 5.60. The normalized spacial score (nSPS) is 14.0. The molecule has 1 fully saturated rings. The van der Waals surface area contributed by atoms with E-state index in [1.807, 2.05) is 29.2 Å². The van der Waals surface area contributed by atoms with E-state index < -0.39 is 11.6 Å². The van der Waals surface area contributed by atoms with Crippen LogP contribution in [0, 0.1) is 11.6 Å². The molecule has 1 aromatic heterocycles. The van der Waals surface area contributed by atoms with Gasteiger partial charge in [0.05, 0.1) is 24.7 Å². The second kappa shape index (κ2) is 8.26. The van der Waals surface area contributed by atoms with E-state index in [1.54, 1.807) is 7.11 Å². The predicted molar refractivity (Wildman–Crippen MR) is 107 cm³/mol. The van der Waals surface area contributed by atoms with Gasteiger partial charge in [-0.2, -0.15) is 10.1 Å². The van der Waals surface area contributed by atoms with Crippen molar-refractivity contribution < 1.29 is 13.5 Å². The number of anilines is 4. The molecule has 0 amide bonds. The fraction of sp³-hybridized carbons (Fsp3) is 0.250. The molecule has 1 aliphatic rings. The summed E-state index contributed by atoms with van der Waals surface area (Å²) in [6, 6.07) is 11.2. The highest BCUT2D eigenvalue weighted by Gasteiger charge is 2.21. The molecule has 1 aliphatic heterocycles. The zero-order chi connectivity index (χ0) is 20.2. The zero-order valence-corrected chi connectivity index (χ0v) is 15.8. The van der Waals surface area contributed by atoms with Gasteiger partial charge >= 0.3 is 0 Å². The summed E-state index contributed by atoms with van der Waals surface area (Å²) in [4.78, 5) is 8.69.